The lowest BCUT2D eigenvalue weighted by Crippen LogP contribution is -2.30. The molecule has 2 aromatic rings. The number of nitrogens with one attached hydrogen (secondary N) is 2. The number of sulfonamides is 1. The van der Waals surface area contributed by atoms with Crippen molar-refractivity contribution in [1.29, 1.82) is 0 Å². The van der Waals surface area contributed by atoms with E-state index in [1.54, 1.807) is 18.2 Å². The van der Waals surface area contributed by atoms with E-state index in [-0.39, 0.29) is 11.4 Å². The highest BCUT2D eigenvalue weighted by Crippen LogP contribution is 2.24. The molecule has 7 heteroatoms. The third kappa shape index (κ3) is 2.47. The summed E-state index contributed by atoms with van der Waals surface area (Å²) in [6, 6.07) is 4.96. The first-order chi connectivity index (χ1) is 8.40. The molecule has 0 aliphatic heterocycles. The molecule has 1 heterocycles. The zero-order chi connectivity index (χ0) is 13.3. The monoisotopic (exact) mass is 269 g/mol. The number of aromatic nitrogens is 1. The number of benzene rings is 1. The third-order valence-corrected chi connectivity index (χ3v) is 3.99. The molecule has 0 fully saturated rings. The van der Waals surface area contributed by atoms with Gasteiger partial charge in [0.05, 0.1) is 6.10 Å². The fourth-order valence-electron chi connectivity index (χ4n) is 1.65. The lowest BCUT2D eigenvalue weighted by Gasteiger charge is -2.07. The minimum Gasteiger partial charge on any atom is -0.399 e. The first-order valence-electron chi connectivity index (χ1n) is 5.44. The number of anilines is 1. The molecule has 1 atom stereocenters. The average Bonchev–Trinajstić information content (AvgIpc) is 2.70. The van der Waals surface area contributed by atoms with Crippen LogP contribution < -0.4 is 10.5 Å². The lowest BCUT2D eigenvalue weighted by molar-refractivity contribution is 0.198. The van der Waals surface area contributed by atoms with Crippen molar-refractivity contribution < 1.29 is 13.5 Å². The first-order valence-corrected chi connectivity index (χ1v) is 6.93. The zero-order valence-corrected chi connectivity index (χ0v) is 10.7. The van der Waals surface area contributed by atoms with E-state index in [9.17, 15) is 8.42 Å². The minimum absolute atomic E-state index is 0.0238. The number of nitrogens with two attached hydrogens (primary N) is 1. The molecular formula is C11H15N3O3S. The van der Waals surface area contributed by atoms with Gasteiger partial charge in [-0.15, -0.1) is 0 Å². The number of rotatable bonds is 4. The van der Waals surface area contributed by atoms with Crippen molar-refractivity contribution in [2.75, 3.05) is 12.3 Å². The second kappa shape index (κ2) is 4.60. The smallest absolute Gasteiger partial charge is 0.242 e. The maximum Gasteiger partial charge on any atom is 0.242 e. The summed E-state index contributed by atoms with van der Waals surface area (Å²) in [5.41, 5.74) is 6.84. The molecule has 0 aliphatic carbocycles. The molecule has 0 radical (unpaired) electrons. The van der Waals surface area contributed by atoms with E-state index in [2.05, 4.69) is 9.71 Å². The Morgan fingerprint density at radius 3 is 2.89 bits per heavy atom. The van der Waals surface area contributed by atoms with E-state index >= 15 is 0 Å². The Hall–Kier alpha value is -1.57. The number of aromatic amines is 1. The molecule has 18 heavy (non-hydrogen) atoms. The first kappa shape index (κ1) is 12.9. The summed E-state index contributed by atoms with van der Waals surface area (Å²) in [5.74, 6) is 0. The van der Waals surface area contributed by atoms with Crippen LogP contribution >= 0.6 is 0 Å². The van der Waals surface area contributed by atoms with E-state index < -0.39 is 16.1 Å². The summed E-state index contributed by atoms with van der Waals surface area (Å²) in [4.78, 5) is 3.01. The Balaban J connectivity index is 2.42. The van der Waals surface area contributed by atoms with Crippen molar-refractivity contribution in [2.24, 2.45) is 0 Å². The number of hydrogen-bond donors (Lipinski definition) is 4. The van der Waals surface area contributed by atoms with Crippen LogP contribution in [-0.4, -0.2) is 31.2 Å². The Kier molecular flexibility index (Phi) is 3.29. The number of hydrogen-bond acceptors (Lipinski definition) is 4. The van der Waals surface area contributed by atoms with Crippen molar-refractivity contribution in [3.63, 3.8) is 0 Å². The summed E-state index contributed by atoms with van der Waals surface area (Å²) >= 11 is 0. The van der Waals surface area contributed by atoms with Crippen molar-refractivity contribution in [3.05, 3.63) is 24.4 Å². The second-order valence-electron chi connectivity index (χ2n) is 4.16. The highest BCUT2D eigenvalue weighted by molar-refractivity contribution is 7.89. The van der Waals surface area contributed by atoms with Crippen LogP contribution in [-0.2, 0) is 10.0 Å². The van der Waals surface area contributed by atoms with Crippen LogP contribution in [0.3, 0.4) is 0 Å². The Bertz CT molecular complexity index is 661. The molecule has 98 valence electrons. The maximum atomic E-state index is 12.0. The Morgan fingerprint density at radius 2 is 2.22 bits per heavy atom. The molecule has 0 saturated carbocycles. The van der Waals surface area contributed by atoms with Gasteiger partial charge in [0.2, 0.25) is 10.0 Å². The van der Waals surface area contributed by atoms with Crippen molar-refractivity contribution >= 4 is 26.6 Å². The summed E-state index contributed by atoms with van der Waals surface area (Å²) in [6.45, 7) is 1.49. The van der Waals surface area contributed by atoms with Gasteiger partial charge in [-0.05, 0) is 25.1 Å². The third-order valence-electron chi connectivity index (χ3n) is 2.53. The van der Waals surface area contributed by atoms with Crippen LogP contribution in [0, 0.1) is 0 Å². The summed E-state index contributed by atoms with van der Waals surface area (Å²) in [6.07, 6.45) is 0.676. The van der Waals surface area contributed by atoms with E-state index in [0.717, 1.165) is 0 Å². The lowest BCUT2D eigenvalue weighted by atomic mass is 10.2. The van der Waals surface area contributed by atoms with Crippen molar-refractivity contribution in [3.8, 4) is 0 Å². The molecule has 5 N–H and O–H groups in total. The number of fused-ring (bicyclic) bond motifs is 1. The van der Waals surface area contributed by atoms with Gasteiger partial charge in [-0.3, -0.25) is 0 Å². The standard InChI is InChI=1S/C11H15N3O3S/c1-7(15)5-14-18(16,17)11-6-13-10-4-8(12)2-3-9(10)11/h2-4,6-7,13-15H,5,12H2,1H3. The van der Waals surface area contributed by atoms with Gasteiger partial charge >= 0.3 is 0 Å². The highest BCUT2D eigenvalue weighted by Gasteiger charge is 2.19. The molecule has 0 amide bonds. The topological polar surface area (TPSA) is 108 Å². The molecule has 1 aromatic carbocycles. The Labute approximate surface area is 105 Å². The minimum atomic E-state index is -3.63. The van der Waals surface area contributed by atoms with Crippen LogP contribution in [0.2, 0.25) is 0 Å². The van der Waals surface area contributed by atoms with Crippen LogP contribution in [0.5, 0.6) is 0 Å². The largest absolute Gasteiger partial charge is 0.399 e. The van der Waals surface area contributed by atoms with Crippen molar-refractivity contribution in [2.45, 2.75) is 17.9 Å². The summed E-state index contributed by atoms with van der Waals surface area (Å²) < 4.78 is 26.4. The van der Waals surface area contributed by atoms with Gasteiger partial charge in [-0.1, -0.05) is 0 Å². The molecule has 1 aromatic heterocycles. The van der Waals surface area contributed by atoms with Crippen LogP contribution in [0.15, 0.2) is 29.3 Å². The SMILES string of the molecule is CC(O)CNS(=O)(=O)c1c[nH]c2cc(N)ccc12. The fraction of sp³-hybridized carbons (Fsp3) is 0.273. The maximum absolute atomic E-state index is 12.0. The van der Waals surface area contributed by atoms with Gasteiger partial charge in [0, 0.05) is 29.3 Å². The fourth-order valence-corrected chi connectivity index (χ4v) is 2.95. The second-order valence-corrected chi connectivity index (χ2v) is 5.89. The zero-order valence-electron chi connectivity index (χ0n) is 9.84. The highest BCUT2D eigenvalue weighted by atomic mass is 32.2. The van der Waals surface area contributed by atoms with Gasteiger partial charge < -0.3 is 15.8 Å². The van der Waals surface area contributed by atoms with Crippen molar-refractivity contribution in [1.82, 2.24) is 9.71 Å². The van der Waals surface area contributed by atoms with E-state index in [0.29, 0.717) is 16.6 Å². The van der Waals surface area contributed by atoms with E-state index in [1.165, 1.54) is 13.1 Å². The van der Waals surface area contributed by atoms with Gasteiger partial charge in [0.25, 0.3) is 0 Å². The number of H-pyrrole nitrogens is 1. The van der Waals surface area contributed by atoms with Gasteiger partial charge in [-0.25, -0.2) is 13.1 Å². The molecule has 0 aliphatic rings. The summed E-state index contributed by atoms with van der Waals surface area (Å²) in [5, 5.41) is 9.68. The molecule has 6 nitrogen and oxygen atoms in total. The van der Waals surface area contributed by atoms with E-state index in [4.69, 9.17) is 10.8 Å². The quantitative estimate of drug-likeness (QED) is 0.603. The number of aliphatic hydroxyl groups is 1. The molecular weight excluding hydrogens is 254 g/mol. The van der Waals surface area contributed by atoms with E-state index in [1.807, 2.05) is 0 Å². The van der Waals surface area contributed by atoms with Crippen LogP contribution in [0.4, 0.5) is 5.69 Å². The Morgan fingerprint density at radius 1 is 1.50 bits per heavy atom. The van der Waals surface area contributed by atoms with Gasteiger partial charge in [0.15, 0.2) is 0 Å². The predicted octanol–water partition coefficient (Wildman–Crippen LogP) is 0.409. The molecule has 0 bridgehead atoms. The molecule has 2 rings (SSSR count). The van der Waals surface area contributed by atoms with Crippen LogP contribution in [0.1, 0.15) is 6.92 Å². The van der Waals surface area contributed by atoms with Gasteiger partial charge in [0.1, 0.15) is 4.90 Å². The van der Waals surface area contributed by atoms with Crippen LogP contribution in [0.25, 0.3) is 10.9 Å². The number of aliphatic hydroxyl groups excluding tert-OH is 1. The molecule has 0 saturated heterocycles. The normalized spacial score (nSPS) is 13.9. The average molecular weight is 269 g/mol. The molecule has 1 unspecified atom stereocenters. The number of nitrogen functional groups attached to an aromatic ring is 1. The van der Waals surface area contributed by atoms with Gasteiger partial charge in [-0.2, -0.15) is 0 Å². The predicted molar refractivity (Wildman–Crippen MR) is 69.6 cm³/mol. The summed E-state index contributed by atoms with van der Waals surface area (Å²) in [7, 11) is -3.63. The molecule has 0 spiro atoms.